The first-order chi connectivity index (χ1) is 15.7. The van der Waals surface area contributed by atoms with Gasteiger partial charge in [-0.1, -0.05) is 12.1 Å². The van der Waals surface area contributed by atoms with Gasteiger partial charge in [0, 0.05) is 17.7 Å². The van der Waals surface area contributed by atoms with Gasteiger partial charge in [-0.15, -0.1) is 0 Å². The van der Waals surface area contributed by atoms with Gasteiger partial charge < -0.3 is 20.1 Å². The van der Waals surface area contributed by atoms with E-state index in [1.807, 2.05) is 31.1 Å². The van der Waals surface area contributed by atoms with Crippen molar-refractivity contribution in [3.63, 3.8) is 0 Å². The van der Waals surface area contributed by atoms with E-state index >= 15 is 0 Å². The van der Waals surface area contributed by atoms with E-state index in [0.29, 0.717) is 23.4 Å². The molecule has 0 aliphatic carbocycles. The van der Waals surface area contributed by atoms with Crippen LogP contribution in [-0.4, -0.2) is 42.0 Å². The molecule has 2 N–H and O–H groups in total. The number of carbonyl (C=O) groups excluding carboxylic acids is 1. The SMILES string of the molecule is COC(=O)c1ccc(F)cc1[C@@H](C)Oc1nc(-c2c(C#N)cccc2CN(C)C)cnc1N. The van der Waals surface area contributed by atoms with Crippen LogP contribution in [0.2, 0.25) is 0 Å². The van der Waals surface area contributed by atoms with Crippen molar-refractivity contribution in [2.75, 3.05) is 26.9 Å². The molecule has 0 saturated heterocycles. The quantitative estimate of drug-likeness (QED) is 0.543. The smallest absolute Gasteiger partial charge is 0.338 e. The van der Waals surface area contributed by atoms with Gasteiger partial charge in [-0.2, -0.15) is 5.26 Å². The molecule has 8 nitrogen and oxygen atoms in total. The Hall–Kier alpha value is -4.03. The molecule has 33 heavy (non-hydrogen) atoms. The lowest BCUT2D eigenvalue weighted by Crippen LogP contribution is -2.14. The summed E-state index contributed by atoms with van der Waals surface area (Å²) in [5, 5.41) is 9.64. The van der Waals surface area contributed by atoms with Gasteiger partial charge in [0.05, 0.1) is 36.2 Å². The average Bonchev–Trinajstić information content (AvgIpc) is 2.79. The zero-order chi connectivity index (χ0) is 24.1. The van der Waals surface area contributed by atoms with Crippen LogP contribution in [0, 0.1) is 17.1 Å². The number of nitrogens with zero attached hydrogens (tertiary/aromatic N) is 4. The van der Waals surface area contributed by atoms with Crippen LogP contribution in [0.1, 0.15) is 40.1 Å². The molecular weight excluding hydrogens is 425 g/mol. The molecule has 0 fully saturated rings. The number of nitriles is 1. The van der Waals surface area contributed by atoms with Gasteiger partial charge in [0.25, 0.3) is 5.88 Å². The number of aromatic nitrogens is 2. The molecule has 2 aromatic carbocycles. The summed E-state index contributed by atoms with van der Waals surface area (Å²) in [7, 11) is 5.09. The number of benzene rings is 2. The van der Waals surface area contributed by atoms with Gasteiger partial charge >= 0.3 is 5.97 Å². The second-order valence-electron chi connectivity index (χ2n) is 7.62. The summed E-state index contributed by atoms with van der Waals surface area (Å²) in [5.41, 5.74) is 8.80. The number of nitrogens with two attached hydrogens (primary N) is 1. The first-order valence-electron chi connectivity index (χ1n) is 10.1. The molecule has 3 rings (SSSR count). The van der Waals surface area contributed by atoms with Crippen LogP contribution in [0.4, 0.5) is 10.2 Å². The number of hydrogen-bond donors (Lipinski definition) is 1. The van der Waals surface area contributed by atoms with Crippen LogP contribution in [0.25, 0.3) is 11.3 Å². The lowest BCUT2D eigenvalue weighted by molar-refractivity contribution is 0.0595. The third-order valence-corrected chi connectivity index (χ3v) is 4.93. The molecule has 0 amide bonds. The predicted molar refractivity (Wildman–Crippen MR) is 121 cm³/mol. The number of hydrogen-bond acceptors (Lipinski definition) is 8. The number of esters is 1. The first-order valence-corrected chi connectivity index (χ1v) is 10.1. The van der Waals surface area contributed by atoms with Crippen molar-refractivity contribution in [3.05, 3.63) is 70.7 Å². The number of ether oxygens (including phenoxy) is 2. The number of carbonyl (C=O) groups is 1. The molecule has 3 aromatic rings. The van der Waals surface area contributed by atoms with Crippen molar-refractivity contribution in [2.45, 2.75) is 19.6 Å². The Bertz CT molecular complexity index is 1220. The zero-order valence-corrected chi connectivity index (χ0v) is 18.8. The summed E-state index contributed by atoms with van der Waals surface area (Å²) in [6.07, 6.45) is 0.679. The highest BCUT2D eigenvalue weighted by Crippen LogP contribution is 2.32. The molecule has 0 aliphatic rings. The summed E-state index contributed by atoms with van der Waals surface area (Å²) in [6, 6.07) is 11.3. The van der Waals surface area contributed by atoms with Crippen molar-refractivity contribution < 1.29 is 18.7 Å². The van der Waals surface area contributed by atoms with Gasteiger partial charge in [-0.3, -0.25) is 0 Å². The van der Waals surface area contributed by atoms with Gasteiger partial charge in [-0.25, -0.2) is 19.2 Å². The van der Waals surface area contributed by atoms with E-state index in [-0.39, 0.29) is 22.8 Å². The van der Waals surface area contributed by atoms with E-state index < -0.39 is 17.9 Å². The Kier molecular flexibility index (Phi) is 7.20. The molecule has 0 radical (unpaired) electrons. The normalized spacial score (nSPS) is 11.7. The van der Waals surface area contributed by atoms with E-state index in [0.717, 1.165) is 5.56 Å². The third kappa shape index (κ3) is 5.25. The summed E-state index contributed by atoms with van der Waals surface area (Å²) in [5.74, 6) is -1.13. The summed E-state index contributed by atoms with van der Waals surface area (Å²) in [4.78, 5) is 22.8. The van der Waals surface area contributed by atoms with Crippen LogP contribution < -0.4 is 10.5 Å². The minimum Gasteiger partial charge on any atom is -0.467 e. The fraction of sp³-hybridized carbons (Fsp3) is 0.250. The monoisotopic (exact) mass is 449 g/mol. The molecule has 0 spiro atoms. The topological polar surface area (TPSA) is 114 Å². The molecule has 0 aliphatic heterocycles. The van der Waals surface area contributed by atoms with Crippen LogP contribution in [0.5, 0.6) is 5.88 Å². The van der Waals surface area contributed by atoms with Crippen LogP contribution in [0.15, 0.2) is 42.6 Å². The van der Waals surface area contributed by atoms with Crippen molar-refractivity contribution in [1.82, 2.24) is 14.9 Å². The van der Waals surface area contributed by atoms with Crippen molar-refractivity contribution >= 4 is 11.8 Å². The van der Waals surface area contributed by atoms with E-state index in [4.69, 9.17) is 15.2 Å². The van der Waals surface area contributed by atoms with Gasteiger partial charge in [0.1, 0.15) is 11.9 Å². The number of rotatable bonds is 7. The van der Waals surface area contributed by atoms with Gasteiger partial charge in [-0.05, 0) is 50.8 Å². The molecular formula is C24H24FN5O3. The molecule has 9 heteroatoms. The average molecular weight is 449 g/mol. The Labute approximate surface area is 191 Å². The van der Waals surface area contributed by atoms with E-state index in [1.165, 1.54) is 31.5 Å². The van der Waals surface area contributed by atoms with Gasteiger partial charge in [0.15, 0.2) is 5.82 Å². The summed E-state index contributed by atoms with van der Waals surface area (Å²) in [6.45, 7) is 2.21. The van der Waals surface area contributed by atoms with Crippen molar-refractivity contribution in [2.24, 2.45) is 0 Å². The lowest BCUT2D eigenvalue weighted by Gasteiger charge is -2.19. The standard InChI is InChI=1S/C24H24FN5O3/c1-14(19-10-17(25)8-9-18(19)24(31)32-4)33-23-22(27)28-12-20(29-23)21-15(11-26)6-5-7-16(21)13-30(2)3/h5-10,12,14H,13H2,1-4H3,(H2,27,28)/t14-/m1/s1. The largest absolute Gasteiger partial charge is 0.467 e. The van der Waals surface area contributed by atoms with Crippen LogP contribution in [-0.2, 0) is 11.3 Å². The van der Waals surface area contributed by atoms with E-state index in [9.17, 15) is 14.4 Å². The van der Waals surface area contributed by atoms with Crippen molar-refractivity contribution in [3.8, 4) is 23.2 Å². The Morgan fingerprint density at radius 2 is 2.06 bits per heavy atom. The van der Waals surface area contributed by atoms with Gasteiger partial charge in [0.2, 0.25) is 0 Å². The summed E-state index contributed by atoms with van der Waals surface area (Å²) < 4.78 is 24.6. The second-order valence-corrected chi connectivity index (χ2v) is 7.62. The highest BCUT2D eigenvalue weighted by atomic mass is 19.1. The molecule has 170 valence electrons. The Balaban J connectivity index is 2.04. The molecule has 1 heterocycles. The Morgan fingerprint density at radius 3 is 2.73 bits per heavy atom. The van der Waals surface area contributed by atoms with Crippen LogP contribution >= 0.6 is 0 Å². The van der Waals surface area contributed by atoms with Crippen LogP contribution in [0.3, 0.4) is 0 Å². The molecule has 1 aromatic heterocycles. The fourth-order valence-corrected chi connectivity index (χ4v) is 3.45. The molecule has 0 bridgehead atoms. The highest BCUT2D eigenvalue weighted by Gasteiger charge is 2.22. The molecule has 0 saturated carbocycles. The molecule has 1 atom stereocenters. The second kappa shape index (κ2) is 10.1. The Morgan fingerprint density at radius 1 is 1.30 bits per heavy atom. The zero-order valence-electron chi connectivity index (χ0n) is 18.8. The summed E-state index contributed by atoms with van der Waals surface area (Å²) >= 11 is 0. The highest BCUT2D eigenvalue weighted by molar-refractivity contribution is 5.91. The number of anilines is 1. The van der Waals surface area contributed by atoms with E-state index in [2.05, 4.69) is 16.0 Å². The number of methoxy groups -OCH3 is 1. The molecule has 0 unspecified atom stereocenters. The minimum absolute atomic E-state index is 0.00335. The lowest BCUT2D eigenvalue weighted by atomic mass is 9.98. The predicted octanol–water partition coefficient (Wildman–Crippen LogP) is 3.72. The number of nitrogen functional groups attached to an aromatic ring is 1. The van der Waals surface area contributed by atoms with Crippen molar-refractivity contribution in [1.29, 1.82) is 5.26 Å². The number of halogens is 1. The van der Waals surface area contributed by atoms with E-state index in [1.54, 1.807) is 13.0 Å². The third-order valence-electron chi connectivity index (χ3n) is 4.93. The maximum atomic E-state index is 13.9. The fourth-order valence-electron chi connectivity index (χ4n) is 3.45. The minimum atomic E-state index is -0.797. The maximum Gasteiger partial charge on any atom is 0.338 e. The maximum absolute atomic E-state index is 13.9. The first kappa shape index (κ1) is 23.6.